The predicted octanol–water partition coefficient (Wildman–Crippen LogP) is 3.83. The van der Waals surface area contributed by atoms with E-state index < -0.39 is 11.7 Å². The maximum Gasteiger partial charge on any atom is 0.412 e. The Morgan fingerprint density at radius 2 is 1.82 bits per heavy atom. The number of nitrogens with one attached hydrogen (secondary N) is 1. The molecule has 4 heteroatoms. The number of ether oxygens (including phenoxy) is 1. The second kappa shape index (κ2) is 6.77. The van der Waals surface area contributed by atoms with E-state index in [1.807, 2.05) is 51.1 Å². The SMILES string of the molecule is CC(C)(C)OC(=O)Nc1ccc(C#Cc2ccccn2)cc1. The number of nitrogens with zero attached hydrogens (tertiary/aromatic N) is 1. The molecule has 1 amide bonds. The average molecular weight is 294 g/mol. The molecule has 0 spiro atoms. The Balaban J connectivity index is 1.99. The van der Waals surface area contributed by atoms with Crippen LogP contribution in [-0.2, 0) is 4.74 Å². The highest BCUT2D eigenvalue weighted by molar-refractivity contribution is 5.84. The molecule has 1 heterocycles. The zero-order valence-electron chi connectivity index (χ0n) is 12.9. The average Bonchev–Trinajstić information content (AvgIpc) is 2.45. The molecule has 0 bridgehead atoms. The van der Waals surface area contributed by atoms with Gasteiger partial charge in [0.25, 0.3) is 0 Å². The molecule has 112 valence electrons. The summed E-state index contributed by atoms with van der Waals surface area (Å²) in [5.74, 6) is 6.00. The van der Waals surface area contributed by atoms with E-state index in [1.54, 1.807) is 18.3 Å². The van der Waals surface area contributed by atoms with Gasteiger partial charge in [-0.15, -0.1) is 0 Å². The second-order valence-electron chi connectivity index (χ2n) is 5.67. The molecule has 0 aliphatic carbocycles. The molecular formula is C18H18N2O2. The Morgan fingerprint density at radius 3 is 2.41 bits per heavy atom. The number of hydrogen-bond acceptors (Lipinski definition) is 3. The van der Waals surface area contributed by atoms with Crippen molar-refractivity contribution in [3.63, 3.8) is 0 Å². The first-order valence-electron chi connectivity index (χ1n) is 6.95. The molecule has 0 aliphatic rings. The van der Waals surface area contributed by atoms with Crippen molar-refractivity contribution >= 4 is 11.8 Å². The molecule has 2 aromatic rings. The molecule has 0 fully saturated rings. The van der Waals surface area contributed by atoms with E-state index >= 15 is 0 Å². The fourth-order valence-corrected chi connectivity index (χ4v) is 1.63. The Hall–Kier alpha value is -2.80. The van der Waals surface area contributed by atoms with Gasteiger partial charge in [-0.25, -0.2) is 9.78 Å². The normalized spacial score (nSPS) is 10.3. The van der Waals surface area contributed by atoms with Gasteiger partial charge in [0.05, 0.1) is 0 Å². The van der Waals surface area contributed by atoms with Gasteiger partial charge in [-0.3, -0.25) is 5.32 Å². The Labute approximate surface area is 130 Å². The smallest absolute Gasteiger partial charge is 0.412 e. The Morgan fingerprint density at radius 1 is 1.09 bits per heavy atom. The molecule has 0 unspecified atom stereocenters. The summed E-state index contributed by atoms with van der Waals surface area (Å²) in [5.41, 5.74) is 1.72. The Bertz CT molecular complexity index is 690. The van der Waals surface area contributed by atoms with Crippen molar-refractivity contribution in [1.29, 1.82) is 0 Å². The van der Waals surface area contributed by atoms with Gasteiger partial charge >= 0.3 is 6.09 Å². The molecule has 1 N–H and O–H groups in total. The van der Waals surface area contributed by atoms with Crippen LogP contribution in [0.4, 0.5) is 10.5 Å². The largest absolute Gasteiger partial charge is 0.444 e. The van der Waals surface area contributed by atoms with Crippen LogP contribution in [0.3, 0.4) is 0 Å². The summed E-state index contributed by atoms with van der Waals surface area (Å²) in [7, 11) is 0. The van der Waals surface area contributed by atoms with Crippen LogP contribution in [0.5, 0.6) is 0 Å². The number of benzene rings is 1. The van der Waals surface area contributed by atoms with Crippen LogP contribution in [0.2, 0.25) is 0 Å². The van der Waals surface area contributed by atoms with Crippen LogP contribution in [0.15, 0.2) is 48.7 Å². The number of carbonyl (C=O) groups is 1. The monoisotopic (exact) mass is 294 g/mol. The lowest BCUT2D eigenvalue weighted by atomic mass is 10.2. The minimum Gasteiger partial charge on any atom is -0.444 e. The quantitative estimate of drug-likeness (QED) is 0.813. The number of anilines is 1. The van der Waals surface area contributed by atoms with E-state index in [9.17, 15) is 4.79 Å². The summed E-state index contributed by atoms with van der Waals surface area (Å²) in [6.07, 6.45) is 1.23. The number of rotatable bonds is 1. The van der Waals surface area contributed by atoms with Crippen molar-refractivity contribution in [2.75, 3.05) is 5.32 Å². The van der Waals surface area contributed by atoms with E-state index in [4.69, 9.17) is 4.74 Å². The first-order chi connectivity index (χ1) is 10.4. The minimum absolute atomic E-state index is 0.472. The fraction of sp³-hybridized carbons (Fsp3) is 0.222. The third-order valence-electron chi connectivity index (χ3n) is 2.53. The van der Waals surface area contributed by atoms with Gasteiger partial charge < -0.3 is 4.74 Å². The zero-order chi connectivity index (χ0) is 16.0. The third kappa shape index (κ3) is 5.29. The molecule has 4 nitrogen and oxygen atoms in total. The number of amides is 1. The van der Waals surface area contributed by atoms with Crippen molar-refractivity contribution in [2.24, 2.45) is 0 Å². The topological polar surface area (TPSA) is 51.2 Å². The lowest BCUT2D eigenvalue weighted by Gasteiger charge is -2.19. The van der Waals surface area contributed by atoms with Gasteiger partial charge in [0.1, 0.15) is 11.3 Å². The summed E-state index contributed by atoms with van der Waals surface area (Å²) < 4.78 is 5.19. The molecule has 2 rings (SSSR count). The van der Waals surface area contributed by atoms with Gasteiger partial charge in [0.15, 0.2) is 0 Å². The van der Waals surface area contributed by atoms with Crippen molar-refractivity contribution in [1.82, 2.24) is 4.98 Å². The first kappa shape index (κ1) is 15.6. The molecule has 1 aromatic heterocycles. The molecule has 1 aromatic carbocycles. The summed E-state index contributed by atoms with van der Waals surface area (Å²) in [4.78, 5) is 15.8. The van der Waals surface area contributed by atoms with E-state index in [-0.39, 0.29) is 0 Å². The van der Waals surface area contributed by atoms with Gasteiger partial charge in [0, 0.05) is 17.4 Å². The summed E-state index contributed by atoms with van der Waals surface area (Å²) in [6.45, 7) is 5.47. The van der Waals surface area contributed by atoms with Crippen LogP contribution in [-0.4, -0.2) is 16.7 Å². The maximum atomic E-state index is 11.7. The fourth-order valence-electron chi connectivity index (χ4n) is 1.63. The van der Waals surface area contributed by atoms with E-state index in [0.717, 1.165) is 11.3 Å². The van der Waals surface area contributed by atoms with Crippen LogP contribution in [0.25, 0.3) is 0 Å². The maximum absolute atomic E-state index is 11.7. The van der Waals surface area contributed by atoms with Gasteiger partial charge in [-0.2, -0.15) is 0 Å². The van der Waals surface area contributed by atoms with Crippen LogP contribution in [0.1, 0.15) is 32.0 Å². The van der Waals surface area contributed by atoms with E-state index in [2.05, 4.69) is 22.1 Å². The Kier molecular flexibility index (Phi) is 4.80. The van der Waals surface area contributed by atoms with Crippen LogP contribution >= 0.6 is 0 Å². The van der Waals surface area contributed by atoms with Crippen molar-refractivity contribution < 1.29 is 9.53 Å². The summed E-state index contributed by atoms with van der Waals surface area (Å²) in [5, 5.41) is 2.68. The highest BCUT2D eigenvalue weighted by Crippen LogP contribution is 2.12. The standard InChI is InChI=1S/C18H18N2O2/c1-18(2,3)22-17(21)20-16-11-8-14(9-12-16)7-10-15-6-4-5-13-19-15/h4-6,8-9,11-13H,1-3H3,(H,20,21). The van der Waals surface area contributed by atoms with Crippen LogP contribution in [0, 0.1) is 11.8 Å². The second-order valence-corrected chi connectivity index (χ2v) is 5.67. The zero-order valence-corrected chi connectivity index (χ0v) is 12.9. The number of carbonyl (C=O) groups excluding carboxylic acids is 1. The summed E-state index contributed by atoms with van der Waals surface area (Å²) >= 11 is 0. The van der Waals surface area contributed by atoms with E-state index in [1.165, 1.54) is 0 Å². The first-order valence-corrected chi connectivity index (χ1v) is 6.95. The molecule has 0 saturated heterocycles. The highest BCUT2D eigenvalue weighted by atomic mass is 16.6. The van der Waals surface area contributed by atoms with Crippen LogP contribution < -0.4 is 5.32 Å². The third-order valence-corrected chi connectivity index (χ3v) is 2.53. The van der Waals surface area contributed by atoms with E-state index in [0.29, 0.717) is 5.69 Å². The minimum atomic E-state index is -0.516. The lowest BCUT2D eigenvalue weighted by Crippen LogP contribution is -2.27. The number of aromatic nitrogens is 1. The van der Waals surface area contributed by atoms with Crippen molar-refractivity contribution in [3.8, 4) is 11.8 Å². The molecular weight excluding hydrogens is 276 g/mol. The van der Waals surface area contributed by atoms with Crippen molar-refractivity contribution in [2.45, 2.75) is 26.4 Å². The molecule has 22 heavy (non-hydrogen) atoms. The summed E-state index contributed by atoms with van der Waals surface area (Å²) in [6, 6.07) is 12.8. The molecule has 0 atom stereocenters. The van der Waals surface area contributed by atoms with Gasteiger partial charge in [-0.1, -0.05) is 12.0 Å². The molecule has 0 aliphatic heterocycles. The number of pyridine rings is 1. The molecule has 0 radical (unpaired) electrons. The van der Waals surface area contributed by atoms with Gasteiger partial charge in [0.2, 0.25) is 0 Å². The van der Waals surface area contributed by atoms with Gasteiger partial charge in [-0.05, 0) is 63.1 Å². The predicted molar refractivity (Wildman–Crippen MR) is 86.5 cm³/mol. The lowest BCUT2D eigenvalue weighted by molar-refractivity contribution is 0.0636. The van der Waals surface area contributed by atoms with Crippen molar-refractivity contribution in [3.05, 3.63) is 59.9 Å². The highest BCUT2D eigenvalue weighted by Gasteiger charge is 2.15. The molecule has 0 saturated carbocycles. The number of hydrogen-bond donors (Lipinski definition) is 1.